The van der Waals surface area contributed by atoms with Crippen LogP contribution in [0.15, 0.2) is 41.3 Å². The normalized spacial score (nSPS) is 15.2. The number of aryl methyl sites for hydroxylation is 2. The first-order chi connectivity index (χ1) is 13.7. The average molecular weight is 416 g/mol. The summed E-state index contributed by atoms with van der Waals surface area (Å²) in [5, 5.41) is 2.91. The van der Waals surface area contributed by atoms with E-state index in [4.69, 9.17) is 0 Å². The van der Waals surface area contributed by atoms with E-state index in [-0.39, 0.29) is 10.8 Å². The van der Waals surface area contributed by atoms with Gasteiger partial charge in [0.05, 0.1) is 16.3 Å². The average Bonchev–Trinajstić information content (AvgIpc) is 2.67. The number of sulfonamides is 1. The zero-order valence-electron chi connectivity index (χ0n) is 17.5. The molecule has 1 amide bonds. The molecule has 0 aromatic heterocycles. The standard InChI is InChI=1S/C22H29N3O3S/c1-16-12-17(2)14-18(13-16)22(26)23-20-15-19(8-9-21(20)24(3)4)29(27,28)25-10-6-5-7-11-25/h8-9,12-15H,5-7,10-11H2,1-4H3,(H,23,26). The largest absolute Gasteiger partial charge is 0.376 e. The Kier molecular flexibility index (Phi) is 6.29. The van der Waals surface area contributed by atoms with Gasteiger partial charge in [0, 0.05) is 32.7 Å². The third-order valence-electron chi connectivity index (χ3n) is 5.13. The van der Waals surface area contributed by atoms with Gasteiger partial charge in [-0.05, 0) is 57.0 Å². The molecule has 0 atom stereocenters. The van der Waals surface area contributed by atoms with Crippen molar-refractivity contribution >= 4 is 27.3 Å². The zero-order chi connectivity index (χ0) is 21.2. The molecule has 0 spiro atoms. The minimum Gasteiger partial charge on any atom is -0.376 e. The van der Waals surface area contributed by atoms with Crippen LogP contribution in [0.5, 0.6) is 0 Å². The van der Waals surface area contributed by atoms with Crippen LogP contribution in [0.1, 0.15) is 40.7 Å². The summed E-state index contributed by atoms with van der Waals surface area (Å²) in [6.07, 6.45) is 2.82. The van der Waals surface area contributed by atoms with Gasteiger partial charge in [0.15, 0.2) is 0 Å². The summed E-state index contributed by atoms with van der Waals surface area (Å²) in [6, 6.07) is 10.6. The maximum atomic E-state index is 13.1. The Morgan fingerprint density at radius 2 is 1.59 bits per heavy atom. The van der Waals surface area contributed by atoms with Crippen LogP contribution >= 0.6 is 0 Å². The van der Waals surface area contributed by atoms with E-state index in [1.807, 2.05) is 51.0 Å². The lowest BCUT2D eigenvalue weighted by Gasteiger charge is -2.26. The Balaban J connectivity index is 1.96. The molecule has 0 aliphatic carbocycles. The molecule has 0 unspecified atom stereocenters. The SMILES string of the molecule is Cc1cc(C)cc(C(=O)Nc2cc(S(=O)(=O)N3CCCCC3)ccc2N(C)C)c1. The summed E-state index contributed by atoms with van der Waals surface area (Å²) in [5.74, 6) is -0.257. The van der Waals surface area contributed by atoms with Crippen molar-refractivity contribution in [3.05, 3.63) is 53.1 Å². The second kappa shape index (κ2) is 8.55. The van der Waals surface area contributed by atoms with E-state index >= 15 is 0 Å². The molecule has 1 saturated heterocycles. The van der Waals surface area contributed by atoms with Crippen LogP contribution in [-0.2, 0) is 10.0 Å². The molecule has 1 fully saturated rings. The van der Waals surface area contributed by atoms with E-state index in [1.54, 1.807) is 18.2 Å². The van der Waals surface area contributed by atoms with Crippen molar-refractivity contribution in [2.45, 2.75) is 38.0 Å². The van der Waals surface area contributed by atoms with Crippen molar-refractivity contribution < 1.29 is 13.2 Å². The third-order valence-corrected chi connectivity index (χ3v) is 7.03. The van der Waals surface area contributed by atoms with E-state index in [0.29, 0.717) is 24.3 Å². The van der Waals surface area contributed by atoms with Gasteiger partial charge in [0.1, 0.15) is 0 Å². The lowest BCUT2D eigenvalue weighted by Crippen LogP contribution is -2.35. The monoisotopic (exact) mass is 415 g/mol. The molecule has 156 valence electrons. The molecule has 6 nitrogen and oxygen atoms in total. The Bertz CT molecular complexity index is 990. The van der Waals surface area contributed by atoms with Crippen LogP contribution in [0.4, 0.5) is 11.4 Å². The minimum absolute atomic E-state index is 0.209. The second-order valence-corrected chi connectivity index (χ2v) is 9.81. The van der Waals surface area contributed by atoms with Crippen molar-refractivity contribution in [1.29, 1.82) is 0 Å². The number of piperidine rings is 1. The van der Waals surface area contributed by atoms with Crippen LogP contribution in [-0.4, -0.2) is 45.8 Å². The fourth-order valence-corrected chi connectivity index (χ4v) is 5.26. The van der Waals surface area contributed by atoms with Crippen LogP contribution in [0.3, 0.4) is 0 Å². The lowest BCUT2D eigenvalue weighted by atomic mass is 10.1. The molecule has 1 N–H and O–H groups in total. The van der Waals surface area contributed by atoms with E-state index in [2.05, 4.69) is 5.32 Å². The number of carbonyl (C=O) groups excluding carboxylic acids is 1. The highest BCUT2D eigenvalue weighted by Crippen LogP contribution is 2.30. The Hall–Kier alpha value is -2.38. The summed E-state index contributed by atoms with van der Waals surface area (Å²) < 4.78 is 27.7. The number of hydrogen-bond acceptors (Lipinski definition) is 4. The number of hydrogen-bond donors (Lipinski definition) is 1. The Morgan fingerprint density at radius 3 is 2.17 bits per heavy atom. The number of rotatable bonds is 5. The van der Waals surface area contributed by atoms with Crippen molar-refractivity contribution in [2.75, 3.05) is 37.4 Å². The smallest absolute Gasteiger partial charge is 0.255 e. The van der Waals surface area contributed by atoms with Gasteiger partial charge in [-0.15, -0.1) is 0 Å². The molecule has 1 aliphatic rings. The number of nitrogens with zero attached hydrogens (tertiary/aromatic N) is 2. The van der Waals surface area contributed by atoms with E-state index in [0.717, 1.165) is 36.1 Å². The molecule has 0 bridgehead atoms. The lowest BCUT2D eigenvalue weighted by molar-refractivity contribution is 0.102. The van der Waals surface area contributed by atoms with Gasteiger partial charge in [0.25, 0.3) is 5.91 Å². The van der Waals surface area contributed by atoms with Gasteiger partial charge in [-0.2, -0.15) is 4.31 Å². The maximum absolute atomic E-state index is 13.1. The molecule has 3 rings (SSSR count). The van der Waals surface area contributed by atoms with Crippen molar-refractivity contribution in [2.24, 2.45) is 0 Å². The molecule has 0 saturated carbocycles. The van der Waals surface area contributed by atoms with Crippen LogP contribution in [0, 0.1) is 13.8 Å². The molecule has 7 heteroatoms. The summed E-state index contributed by atoms with van der Waals surface area (Å²) in [7, 11) is 0.146. The second-order valence-electron chi connectivity index (χ2n) is 7.87. The van der Waals surface area contributed by atoms with E-state index < -0.39 is 10.0 Å². The van der Waals surface area contributed by atoms with Gasteiger partial charge in [-0.3, -0.25) is 4.79 Å². The number of amides is 1. The third kappa shape index (κ3) is 4.79. The van der Waals surface area contributed by atoms with Crippen LogP contribution < -0.4 is 10.2 Å². The number of nitrogens with one attached hydrogen (secondary N) is 1. The first-order valence-corrected chi connectivity index (χ1v) is 11.3. The molecule has 0 radical (unpaired) electrons. The van der Waals surface area contributed by atoms with Gasteiger partial charge in [0.2, 0.25) is 10.0 Å². The van der Waals surface area contributed by atoms with E-state index in [9.17, 15) is 13.2 Å². The van der Waals surface area contributed by atoms with Gasteiger partial charge in [-0.25, -0.2) is 8.42 Å². The topological polar surface area (TPSA) is 69.7 Å². The highest BCUT2D eigenvalue weighted by molar-refractivity contribution is 7.89. The predicted molar refractivity (Wildman–Crippen MR) is 117 cm³/mol. The number of benzene rings is 2. The highest BCUT2D eigenvalue weighted by atomic mass is 32.2. The first-order valence-electron chi connectivity index (χ1n) is 9.89. The Morgan fingerprint density at radius 1 is 0.966 bits per heavy atom. The fraction of sp³-hybridized carbons (Fsp3) is 0.409. The maximum Gasteiger partial charge on any atom is 0.255 e. The summed E-state index contributed by atoms with van der Waals surface area (Å²) in [4.78, 5) is 14.9. The van der Waals surface area contributed by atoms with Gasteiger partial charge >= 0.3 is 0 Å². The summed E-state index contributed by atoms with van der Waals surface area (Å²) in [6.45, 7) is 4.98. The van der Waals surface area contributed by atoms with E-state index in [1.165, 1.54) is 4.31 Å². The molecule has 1 heterocycles. The number of anilines is 2. The van der Waals surface area contributed by atoms with Crippen LogP contribution in [0.2, 0.25) is 0 Å². The van der Waals surface area contributed by atoms with Gasteiger partial charge < -0.3 is 10.2 Å². The summed E-state index contributed by atoms with van der Waals surface area (Å²) >= 11 is 0. The van der Waals surface area contributed by atoms with Crippen molar-refractivity contribution in [3.8, 4) is 0 Å². The molecule has 2 aromatic carbocycles. The summed E-state index contributed by atoms with van der Waals surface area (Å²) in [5.41, 5.74) is 3.79. The van der Waals surface area contributed by atoms with Crippen molar-refractivity contribution in [3.63, 3.8) is 0 Å². The van der Waals surface area contributed by atoms with Gasteiger partial charge in [-0.1, -0.05) is 23.6 Å². The first kappa shape index (κ1) is 21.3. The minimum atomic E-state index is -3.58. The quantitative estimate of drug-likeness (QED) is 0.807. The zero-order valence-corrected chi connectivity index (χ0v) is 18.3. The predicted octanol–water partition coefficient (Wildman–Crippen LogP) is 3.80. The van der Waals surface area contributed by atoms with Crippen molar-refractivity contribution in [1.82, 2.24) is 4.31 Å². The fourth-order valence-electron chi connectivity index (χ4n) is 3.72. The molecular formula is C22H29N3O3S. The molecule has 1 aliphatic heterocycles. The van der Waals surface area contributed by atoms with Crippen LogP contribution in [0.25, 0.3) is 0 Å². The number of carbonyl (C=O) groups is 1. The highest BCUT2D eigenvalue weighted by Gasteiger charge is 2.27. The molecule has 29 heavy (non-hydrogen) atoms. The molecule has 2 aromatic rings. The molecular weight excluding hydrogens is 386 g/mol. The Labute approximate surface area is 173 Å².